The van der Waals surface area contributed by atoms with Gasteiger partial charge in [-0.25, -0.2) is 9.59 Å². The molecule has 6 nitrogen and oxygen atoms in total. The van der Waals surface area contributed by atoms with Crippen molar-refractivity contribution in [3.63, 3.8) is 0 Å². The fourth-order valence-corrected chi connectivity index (χ4v) is 6.44. The third-order valence-corrected chi connectivity index (χ3v) is 7.07. The Hall–Kier alpha value is -1.10. The number of hydrogen-bond acceptors (Lipinski definition) is 2. The van der Waals surface area contributed by atoms with Crippen molar-refractivity contribution in [3.8, 4) is 0 Å². The Labute approximate surface area is 221 Å². The standard InChI is InChI=1S/C22H24Br4N4O2/c23-15-5-16(24)8-19(7-15)29-21(31)27-11-13-2-1-3-14(4-13)12-28-22(32)30-20-9-17(25)6-18(26)10-20/h5-10,13-14H,1-4,11-12H2,(H2,27,29,31)(H2,28,30,32). The van der Waals surface area contributed by atoms with Gasteiger partial charge in [0.05, 0.1) is 0 Å². The minimum Gasteiger partial charge on any atom is -0.338 e. The lowest BCUT2D eigenvalue weighted by Crippen LogP contribution is -2.38. The number of halogens is 4. The summed E-state index contributed by atoms with van der Waals surface area (Å²) in [6.07, 6.45) is 4.24. The van der Waals surface area contributed by atoms with Gasteiger partial charge in [0.25, 0.3) is 0 Å². The van der Waals surface area contributed by atoms with Gasteiger partial charge in [-0.1, -0.05) is 70.1 Å². The van der Waals surface area contributed by atoms with E-state index in [9.17, 15) is 9.59 Å². The molecular weight excluding hydrogens is 672 g/mol. The fraction of sp³-hybridized carbons (Fsp3) is 0.364. The Morgan fingerprint density at radius 1 is 0.688 bits per heavy atom. The predicted molar refractivity (Wildman–Crippen MR) is 143 cm³/mol. The second-order valence-electron chi connectivity index (χ2n) is 7.88. The van der Waals surface area contributed by atoms with Crippen molar-refractivity contribution in [2.75, 3.05) is 23.7 Å². The first-order valence-corrected chi connectivity index (χ1v) is 13.5. The number of carbonyl (C=O) groups excluding carboxylic acids is 2. The van der Waals surface area contributed by atoms with Gasteiger partial charge in [0.1, 0.15) is 0 Å². The molecule has 10 heteroatoms. The summed E-state index contributed by atoms with van der Waals surface area (Å²) in [5.74, 6) is 0.805. The van der Waals surface area contributed by atoms with E-state index < -0.39 is 0 Å². The Balaban J connectivity index is 1.39. The zero-order valence-electron chi connectivity index (χ0n) is 17.2. The van der Waals surface area contributed by atoms with Crippen molar-refractivity contribution in [1.82, 2.24) is 10.6 Å². The van der Waals surface area contributed by atoms with Crippen LogP contribution in [-0.2, 0) is 0 Å². The smallest absolute Gasteiger partial charge is 0.319 e. The molecule has 4 N–H and O–H groups in total. The van der Waals surface area contributed by atoms with Crippen LogP contribution in [0.3, 0.4) is 0 Å². The van der Waals surface area contributed by atoms with Crippen LogP contribution >= 0.6 is 63.7 Å². The molecule has 0 spiro atoms. The maximum Gasteiger partial charge on any atom is 0.319 e. The summed E-state index contributed by atoms with van der Waals surface area (Å²) in [6.45, 7) is 1.24. The van der Waals surface area contributed by atoms with Gasteiger partial charge in [0.2, 0.25) is 0 Å². The zero-order chi connectivity index (χ0) is 23.1. The number of urea groups is 2. The van der Waals surface area contributed by atoms with Crippen LogP contribution in [0.25, 0.3) is 0 Å². The van der Waals surface area contributed by atoms with Gasteiger partial charge in [-0.15, -0.1) is 0 Å². The van der Waals surface area contributed by atoms with Crippen molar-refractivity contribution in [2.45, 2.75) is 25.7 Å². The topological polar surface area (TPSA) is 82.3 Å². The van der Waals surface area contributed by atoms with Gasteiger partial charge in [-0.2, -0.15) is 0 Å². The predicted octanol–water partition coefficient (Wildman–Crippen LogP) is 7.49. The zero-order valence-corrected chi connectivity index (χ0v) is 23.5. The van der Waals surface area contributed by atoms with E-state index in [1.807, 2.05) is 36.4 Å². The molecular formula is C22H24Br4N4O2. The highest BCUT2D eigenvalue weighted by molar-refractivity contribution is 9.11. The number of nitrogens with one attached hydrogen (secondary N) is 4. The lowest BCUT2D eigenvalue weighted by molar-refractivity contribution is 0.230. The third-order valence-electron chi connectivity index (χ3n) is 5.23. The molecule has 32 heavy (non-hydrogen) atoms. The lowest BCUT2D eigenvalue weighted by atomic mass is 9.81. The molecule has 0 heterocycles. The van der Waals surface area contributed by atoms with E-state index in [0.29, 0.717) is 24.9 Å². The summed E-state index contributed by atoms with van der Waals surface area (Å²) in [5.41, 5.74) is 1.44. The molecule has 1 fully saturated rings. The normalized spacial score (nSPS) is 18.0. The molecule has 4 amide bonds. The van der Waals surface area contributed by atoms with E-state index >= 15 is 0 Å². The van der Waals surface area contributed by atoms with Crippen LogP contribution in [0.5, 0.6) is 0 Å². The van der Waals surface area contributed by atoms with E-state index in [0.717, 1.165) is 54.9 Å². The molecule has 0 aliphatic heterocycles. The summed E-state index contributed by atoms with van der Waals surface area (Å²) < 4.78 is 3.56. The van der Waals surface area contributed by atoms with Crippen LogP contribution in [0.4, 0.5) is 21.0 Å². The highest BCUT2D eigenvalue weighted by Gasteiger charge is 2.23. The van der Waals surface area contributed by atoms with E-state index in [-0.39, 0.29) is 12.1 Å². The van der Waals surface area contributed by atoms with E-state index in [2.05, 4.69) is 85.0 Å². The lowest BCUT2D eigenvalue weighted by Gasteiger charge is -2.29. The second-order valence-corrected chi connectivity index (χ2v) is 11.5. The van der Waals surface area contributed by atoms with Crippen LogP contribution in [0.1, 0.15) is 25.7 Å². The SMILES string of the molecule is O=C(NCC1CCCC(CNC(=O)Nc2cc(Br)cc(Br)c2)C1)Nc1cc(Br)cc(Br)c1. The molecule has 1 saturated carbocycles. The molecule has 2 atom stereocenters. The summed E-state index contributed by atoms with van der Waals surface area (Å²) in [6, 6.07) is 10.8. The van der Waals surface area contributed by atoms with Crippen LogP contribution in [0.15, 0.2) is 54.3 Å². The summed E-state index contributed by atoms with van der Waals surface area (Å²) in [7, 11) is 0. The number of amides is 4. The maximum atomic E-state index is 12.3. The van der Waals surface area contributed by atoms with Gasteiger partial charge in [-0.3, -0.25) is 0 Å². The Morgan fingerprint density at radius 2 is 1.06 bits per heavy atom. The highest BCUT2D eigenvalue weighted by atomic mass is 79.9. The average molecular weight is 696 g/mol. The largest absolute Gasteiger partial charge is 0.338 e. The van der Waals surface area contributed by atoms with Gasteiger partial charge in [-0.05, 0) is 67.5 Å². The summed E-state index contributed by atoms with van der Waals surface area (Å²) in [4.78, 5) is 24.5. The molecule has 172 valence electrons. The number of carbonyl (C=O) groups is 2. The van der Waals surface area contributed by atoms with Crippen LogP contribution in [0, 0.1) is 11.8 Å². The van der Waals surface area contributed by atoms with Crippen LogP contribution in [0.2, 0.25) is 0 Å². The van der Waals surface area contributed by atoms with Crippen molar-refractivity contribution in [1.29, 1.82) is 0 Å². The van der Waals surface area contributed by atoms with Crippen molar-refractivity contribution >= 4 is 87.2 Å². The molecule has 2 unspecified atom stereocenters. The van der Waals surface area contributed by atoms with Crippen LogP contribution in [-0.4, -0.2) is 25.2 Å². The molecule has 0 aromatic heterocycles. The minimum absolute atomic E-state index is 0.213. The first-order valence-electron chi connectivity index (χ1n) is 10.3. The van der Waals surface area contributed by atoms with E-state index in [1.54, 1.807) is 0 Å². The minimum atomic E-state index is -0.213. The molecule has 2 aromatic carbocycles. The fourth-order valence-electron chi connectivity index (χ4n) is 3.85. The van der Waals surface area contributed by atoms with E-state index in [1.165, 1.54) is 0 Å². The quantitative estimate of drug-likeness (QED) is 0.253. The number of anilines is 2. The molecule has 0 radical (unpaired) electrons. The molecule has 0 saturated heterocycles. The average Bonchev–Trinajstić information content (AvgIpc) is 2.69. The Morgan fingerprint density at radius 3 is 1.44 bits per heavy atom. The molecule has 3 rings (SSSR count). The number of rotatable bonds is 6. The molecule has 0 bridgehead atoms. The monoisotopic (exact) mass is 692 g/mol. The number of hydrogen-bond donors (Lipinski definition) is 4. The summed E-state index contributed by atoms with van der Waals surface area (Å²) >= 11 is 13.7. The van der Waals surface area contributed by atoms with Crippen molar-refractivity contribution in [2.24, 2.45) is 11.8 Å². The van der Waals surface area contributed by atoms with Crippen LogP contribution < -0.4 is 21.3 Å². The van der Waals surface area contributed by atoms with Crippen molar-refractivity contribution in [3.05, 3.63) is 54.3 Å². The molecule has 2 aromatic rings. The second kappa shape index (κ2) is 12.4. The first kappa shape index (κ1) is 25.5. The van der Waals surface area contributed by atoms with E-state index in [4.69, 9.17) is 0 Å². The number of benzene rings is 2. The molecule has 1 aliphatic carbocycles. The van der Waals surface area contributed by atoms with Gasteiger partial charge in [0.15, 0.2) is 0 Å². The van der Waals surface area contributed by atoms with Crippen molar-refractivity contribution < 1.29 is 9.59 Å². The summed E-state index contributed by atoms with van der Waals surface area (Å²) in [5, 5.41) is 11.7. The molecule has 1 aliphatic rings. The van der Waals surface area contributed by atoms with Gasteiger partial charge >= 0.3 is 12.1 Å². The van der Waals surface area contributed by atoms with Gasteiger partial charge < -0.3 is 21.3 Å². The Kier molecular flexibility index (Phi) is 9.88. The first-order chi connectivity index (χ1) is 15.3. The third kappa shape index (κ3) is 8.68. The highest BCUT2D eigenvalue weighted by Crippen LogP contribution is 2.29. The Bertz CT molecular complexity index is 857. The maximum absolute atomic E-state index is 12.3. The van der Waals surface area contributed by atoms with Gasteiger partial charge in [0, 0.05) is 42.4 Å².